The third-order valence-corrected chi connectivity index (χ3v) is 14.1. The van der Waals surface area contributed by atoms with Gasteiger partial charge in [0, 0.05) is 45.2 Å². The lowest BCUT2D eigenvalue weighted by atomic mass is 9.94. The van der Waals surface area contributed by atoms with Gasteiger partial charge in [0.1, 0.15) is 0 Å². The summed E-state index contributed by atoms with van der Waals surface area (Å²) in [4.78, 5) is 2.94. The van der Waals surface area contributed by atoms with Crippen LogP contribution in [0.25, 0.3) is 40.3 Å². The van der Waals surface area contributed by atoms with Gasteiger partial charge in [-0.15, -0.1) is 45.3 Å². The third-order valence-electron chi connectivity index (χ3n) is 9.21. The lowest BCUT2D eigenvalue weighted by Gasteiger charge is -2.23. The highest BCUT2D eigenvalue weighted by Gasteiger charge is 2.38. The molecule has 0 radical (unpaired) electrons. The van der Waals surface area contributed by atoms with Crippen molar-refractivity contribution in [3.05, 3.63) is 141 Å². The van der Waals surface area contributed by atoms with E-state index in [0.29, 0.717) is 0 Å². The highest BCUT2D eigenvalue weighted by atomic mass is 32.1. The molecule has 4 nitrogen and oxygen atoms in total. The minimum atomic E-state index is -1.62. The van der Waals surface area contributed by atoms with Crippen molar-refractivity contribution in [1.82, 2.24) is 0 Å². The zero-order valence-corrected chi connectivity index (χ0v) is 31.8. The average molecular weight is 759 g/mol. The Morgan fingerprint density at radius 1 is 0.404 bits per heavy atom. The van der Waals surface area contributed by atoms with E-state index < -0.39 is 11.2 Å². The molecule has 10 rings (SSSR count). The summed E-state index contributed by atoms with van der Waals surface area (Å²) in [6.45, 7) is 4.00. The molecule has 2 aliphatic heterocycles. The maximum atomic E-state index is 12.6. The van der Waals surface area contributed by atoms with E-state index in [1.54, 1.807) is 0 Å². The highest BCUT2D eigenvalue weighted by Crippen LogP contribution is 2.45. The van der Waals surface area contributed by atoms with Gasteiger partial charge < -0.3 is 19.7 Å². The van der Waals surface area contributed by atoms with Crippen LogP contribution in [0.2, 0.25) is 0 Å². The van der Waals surface area contributed by atoms with Gasteiger partial charge in [-0.1, -0.05) is 84.6 Å². The Hall–Kier alpha value is -3.88. The predicted octanol–water partition coefficient (Wildman–Crippen LogP) is 11.3. The largest absolute Gasteiger partial charge is 0.381 e. The lowest BCUT2D eigenvalue weighted by Crippen LogP contribution is -2.27. The SMILES string of the molecule is C1CCOC1.C1CCOC1.OC(C#CC(O)(c1cc2ccccc2s1)c1cc2ccccc2s1)(c1cc2ccccc2s1)c1cc2ccccc2s1. The molecule has 0 aliphatic carbocycles. The highest BCUT2D eigenvalue weighted by molar-refractivity contribution is 7.21. The first-order valence-electron chi connectivity index (χ1n) is 17.6. The Morgan fingerprint density at radius 2 is 0.654 bits per heavy atom. The van der Waals surface area contributed by atoms with E-state index in [2.05, 4.69) is 60.4 Å². The summed E-state index contributed by atoms with van der Waals surface area (Å²) in [7, 11) is 0. The van der Waals surface area contributed by atoms with E-state index in [9.17, 15) is 10.2 Å². The smallest absolute Gasteiger partial charge is 0.195 e. The molecule has 0 bridgehead atoms. The summed E-state index contributed by atoms with van der Waals surface area (Å²) in [6.07, 6.45) is 5.11. The molecule has 262 valence electrons. The fraction of sp³-hybridized carbons (Fsp3) is 0.227. The Morgan fingerprint density at radius 3 is 0.865 bits per heavy atom. The Kier molecular flexibility index (Phi) is 10.6. The van der Waals surface area contributed by atoms with E-state index in [4.69, 9.17) is 9.47 Å². The summed E-state index contributed by atoms with van der Waals surface area (Å²) >= 11 is 6.15. The second-order valence-corrected chi connectivity index (χ2v) is 17.2. The van der Waals surface area contributed by atoms with Crippen LogP contribution in [0.15, 0.2) is 121 Å². The molecular weight excluding hydrogens is 721 g/mol. The fourth-order valence-electron chi connectivity index (χ4n) is 6.33. The topological polar surface area (TPSA) is 58.9 Å². The van der Waals surface area contributed by atoms with Crippen LogP contribution in [-0.4, -0.2) is 36.6 Å². The molecule has 0 unspecified atom stereocenters. The number of rotatable bonds is 4. The van der Waals surface area contributed by atoms with Crippen LogP contribution in [0.1, 0.15) is 45.2 Å². The molecular formula is C44H38O4S4. The summed E-state index contributed by atoms with van der Waals surface area (Å²) in [6, 6.07) is 40.6. The molecule has 6 heterocycles. The Labute approximate surface area is 319 Å². The Bertz CT molecular complexity index is 2030. The standard InChI is InChI=1S/C36H22O2S4.2C4H8O/c37-35(31-19-23-9-1-5-13-27(23)39-31,32-20-24-10-2-6-14-28(24)40-32)17-18-36(38,33-21-25-11-3-7-15-29(25)41-33)34-22-26-12-4-8-16-30(26)42-34;2*1-2-4-5-3-1/h1-16,19-22,37-38H;2*1-4H2. The number of hydrogen-bond donors (Lipinski definition) is 2. The molecule has 2 fully saturated rings. The van der Waals surface area contributed by atoms with Crippen molar-refractivity contribution in [3.63, 3.8) is 0 Å². The molecule has 0 spiro atoms. The first-order valence-corrected chi connectivity index (χ1v) is 20.9. The number of fused-ring (bicyclic) bond motifs is 4. The maximum Gasteiger partial charge on any atom is 0.195 e. The van der Waals surface area contributed by atoms with Crippen LogP contribution in [0.3, 0.4) is 0 Å². The zero-order chi connectivity index (χ0) is 35.4. The van der Waals surface area contributed by atoms with Gasteiger partial charge in [-0.2, -0.15) is 0 Å². The second kappa shape index (κ2) is 15.6. The minimum Gasteiger partial charge on any atom is -0.381 e. The van der Waals surface area contributed by atoms with Crippen molar-refractivity contribution in [3.8, 4) is 11.8 Å². The third kappa shape index (κ3) is 7.34. The zero-order valence-electron chi connectivity index (χ0n) is 28.5. The monoisotopic (exact) mass is 758 g/mol. The minimum absolute atomic E-state index is 0.734. The van der Waals surface area contributed by atoms with Crippen molar-refractivity contribution in [2.45, 2.75) is 36.9 Å². The molecule has 0 saturated carbocycles. The van der Waals surface area contributed by atoms with E-state index in [0.717, 1.165) is 86.3 Å². The molecule has 8 aromatic rings. The fourth-order valence-corrected chi connectivity index (χ4v) is 11.0. The van der Waals surface area contributed by atoms with E-state index in [-0.39, 0.29) is 0 Å². The van der Waals surface area contributed by atoms with Crippen molar-refractivity contribution in [2.75, 3.05) is 26.4 Å². The molecule has 4 aromatic carbocycles. The number of thiophene rings is 4. The van der Waals surface area contributed by atoms with Crippen molar-refractivity contribution < 1.29 is 19.7 Å². The van der Waals surface area contributed by atoms with Gasteiger partial charge in [0.2, 0.25) is 0 Å². The van der Waals surface area contributed by atoms with Crippen LogP contribution in [-0.2, 0) is 20.7 Å². The van der Waals surface area contributed by atoms with Crippen LogP contribution in [0, 0.1) is 11.8 Å². The maximum absolute atomic E-state index is 12.6. The summed E-state index contributed by atoms with van der Waals surface area (Å²) < 4.78 is 14.2. The molecule has 2 aliphatic rings. The van der Waals surface area contributed by atoms with Crippen LogP contribution < -0.4 is 0 Å². The molecule has 8 heteroatoms. The number of ether oxygens (including phenoxy) is 2. The van der Waals surface area contributed by atoms with Crippen molar-refractivity contribution in [2.24, 2.45) is 0 Å². The number of benzene rings is 4. The van der Waals surface area contributed by atoms with Crippen molar-refractivity contribution in [1.29, 1.82) is 0 Å². The normalized spacial score (nSPS) is 14.6. The summed E-state index contributed by atoms with van der Waals surface area (Å²) in [5.74, 6) is 6.53. The molecule has 0 atom stereocenters. The van der Waals surface area contributed by atoms with Gasteiger partial charge in [-0.3, -0.25) is 0 Å². The Balaban J connectivity index is 0.000000335. The summed E-state index contributed by atoms with van der Waals surface area (Å²) in [5.41, 5.74) is -3.23. The van der Waals surface area contributed by atoms with E-state index >= 15 is 0 Å². The van der Waals surface area contributed by atoms with Crippen LogP contribution in [0.4, 0.5) is 0 Å². The van der Waals surface area contributed by atoms with Crippen LogP contribution in [0.5, 0.6) is 0 Å². The van der Waals surface area contributed by atoms with Gasteiger partial charge in [0.15, 0.2) is 11.2 Å². The van der Waals surface area contributed by atoms with Gasteiger partial charge in [-0.05, 0) is 95.8 Å². The predicted molar refractivity (Wildman–Crippen MR) is 221 cm³/mol. The average Bonchev–Trinajstić information content (AvgIpc) is 4.04. The van der Waals surface area contributed by atoms with Gasteiger partial charge in [-0.25, -0.2) is 0 Å². The lowest BCUT2D eigenvalue weighted by molar-refractivity contribution is 0.141. The number of hydrogen-bond acceptors (Lipinski definition) is 8. The second-order valence-electron chi connectivity index (χ2n) is 12.9. The number of aliphatic hydroxyl groups is 2. The molecule has 52 heavy (non-hydrogen) atoms. The van der Waals surface area contributed by atoms with Crippen LogP contribution >= 0.6 is 45.3 Å². The van der Waals surface area contributed by atoms with E-state index in [1.807, 2.05) is 72.8 Å². The first kappa shape index (κ1) is 35.2. The molecule has 0 amide bonds. The van der Waals surface area contributed by atoms with Gasteiger partial charge in [0.05, 0.1) is 19.5 Å². The molecule has 4 aromatic heterocycles. The quantitative estimate of drug-likeness (QED) is 0.176. The van der Waals surface area contributed by atoms with Gasteiger partial charge in [0.25, 0.3) is 0 Å². The molecule has 2 N–H and O–H groups in total. The van der Waals surface area contributed by atoms with Crippen molar-refractivity contribution >= 4 is 85.7 Å². The first-order chi connectivity index (χ1) is 25.5. The summed E-state index contributed by atoms with van der Waals surface area (Å²) in [5, 5.41) is 29.5. The van der Waals surface area contributed by atoms with Gasteiger partial charge >= 0.3 is 0 Å². The molecule has 2 saturated heterocycles. The van der Waals surface area contributed by atoms with E-state index in [1.165, 1.54) is 71.0 Å².